The largest absolute Gasteiger partial charge is 0.399 e. The van der Waals surface area contributed by atoms with Crippen LogP contribution in [0, 0.1) is 0 Å². The smallest absolute Gasteiger partial charge is 0.264 e. The molecule has 0 aromatic carbocycles. The highest BCUT2D eigenvalue weighted by Gasteiger charge is 2.41. The van der Waals surface area contributed by atoms with E-state index in [1.807, 2.05) is 0 Å². The van der Waals surface area contributed by atoms with Crippen LogP contribution in [-0.4, -0.2) is 11.2 Å². The fourth-order valence-electron chi connectivity index (χ4n) is 1.30. The predicted molar refractivity (Wildman–Crippen MR) is 47.8 cm³/mol. The molecule has 0 aliphatic heterocycles. The number of nitrogens with zero attached hydrogens (tertiary/aromatic N) is 1. The van der Waals surface area contributed by atoms with Crippen molar-refractivity contribution in [1.82, 2.24) is 4.98 Å². The van der Waals surface area contributed by atoms with Crippen molar-refractivity contribution in [1.29, 1.82) is 0 Å². The Hall–Kier alpha value is -1.32. The van der Waals surface area contributed by atoms with Crippen molar-refractivity contribution in [2.45, 2.75) is 19.0 Å². The van der Waals surface area contributed by atoms with E-state index < -0.39 is 12.1 Å². The third-order valence-corrected chi connectivity index (χ3v) is 1.84. The van der Waals surface area contributed by atoms with Crippen LogP contribution in [0.4, 0.5) is 13.2 Å². The van der Waals surface area contributed by atoms with Gasteiger partial charge in [-0.1, -0.05) is 18.2 Å². The van der Waals surface area contributed by atoms with Crippen LogP contribution >= 0.6 is 0 Å². The number of allylic oxidation sites excluding steroid dienone is 1. The van der Waals surface area contributed by atoms with Crippen LogP contribution in [0.2, 0.25) is 0 Å². The maximum Gasteiger partial charge on any atom is 0.399 e. The maximum atomic E-state index is 12.6. The van der Waals surface area contributed by atoms with Crippen LogP contribution in [0.15, 0.2) is 36.7 Å². The summed E-state index contributed by atoms with van der Waals surface area (Å²) in [5.74, 6) is -1.61. The molecule has 0 spiro atoms. The third-order valence-electron chi connectivity index (χ3n) is 1.84. The van der Waals surface area contributed by atoms with E-state index >= 15 is 0 Å². The number of hydrogen-bond acceptors (Lipinski definition) is 1. The normalized spacial score (nSPS) is 13.7. The molecule has 1 rings (SSSR count). The van der Waals surface area contributed by atoms with Crippen molar-refractivity contribution >= 4 is 0 Å². The Bertz CT molecular complexity index is 316. The number of alkyl halides is 3. The molecule has 0 saturated heterocycles. The van der Waals surface area contributed by atoms with Gasteiger partial charge in [-0.15, -0.1) is 0 Å². The summed E-state index contributed by atoms with van der Waals surface area (Å²) in [5.41, 5.74) is 0.206. The second-order valence-electron chi connectivity index (χ2n) is 3.11. The fraction of sp³-hybridized carbons (Fsp3) is 0.300. The number of rotatable bonds is 2. The molecular weight excluding hydrogens is 191 g/mol. The van der Waals surface area contributed by atoms with E-state index in [1.165, 1.54) is 31.5 Å². The Labute approximate surface area is 80.3 Å². The van der Waals surface area contributed by atoms with E-state index in [2.05, 4.69) is 11.6 Å². The van der Waals surface area contributed by atoms with Gasteiger partial charge in [-0.2, -0.15) is 13.2 Å². The highest BCUT2D eigenvalue weighted by Crippen LogP contribution is 2.38. The zero-order valence-corrected chi connectivity index (χ0v) is 7.67. The van der Waals surface area contributed by atoms with Gasteiger partial charge in [-0.3, -0.25) is 4.98 Å². The van der Waals surface area contributed by atoms with Gasteiger partial charge in [0.1, 0.15) is 5.92 Å². The topological polar surface area (TPSA) is 12.9 Å². The molecular formula is C10H10F3N. The van der Waals surface area contributed by atoms with Crippen LogP contribution in [-0.2, 0) is 0 Å². The maximum absolute atomic E-state index is 12.6. The van der Waals surface area contributed by atoms with E-state index in [9.17, 15) is 13.2 Å². The molecule has 76 valence electrons. The summed E-state index contributed by atoms with van der Waals surface area (Å²) in [6, 6.07) is 2.89. The van der Waals surface area contributed by atoms with Gasteiger partial charge in [0.15, 0.2) is 0 Å². The summed E-state index contributed by atoms with van der Waals surface area (Å²) in [6.07, 6.45) is -1.64. The summed E-state index contributed by atoms with van der Waals surface area (Å²) in [4.78, 5) is 3.66. The second kappa shape index (κ2) is 3.82. The summed E-state index contributed by atoms with van der Waals surface area (Å²) in [7, 11) is 0. The second-order valence-corrected chi connectivity index (χ2v) is 3.11. The quantitative estimate of drug-likeness (QED) is 0.669. The molecule has 1 atom stereocenters. The Morgan fingerprint density at radius 1 is 1.50 bits per heavy atom. The minimum Gasteiger partial charge on any atom is -0.264 e. The third kappa shape index (κ3) is 2.34. The lowest BCUT2D eigenvalue weighted by Crippen LogP contribution is -2.21. The molecule has 0 bridgehead atoms. The molecule has 14 heavy (non-hydrogen) atoms. The van der Waals surface area contributed by atoms with Crippen molar-refractivity contribution in [2.24, 2.45) is 0 Å². The molecule has 0 saturated carbocycles. The number of hydrogen-bond donors (Lipinski definition) is 0. The molecule has 0 aliphatic rings. The van der Waals surface area contributed by atoms with Crippen LogP contribution in [0.1, 0.15) is 18.4 Å². The Kier molecular flexibility index (Phi) is 2.93. The zero-order valence-electron chi connectivity index (χ0n) is 7.67. The molecule has 0 aliphatic carbocycles. The molecule has 0 fully saturated rings. The first-order valence-corrected chi connectivity index (χ1v) is 4.05. The Balaban J connectivity index is 3.08. The van der Waals surface area contributed by atoms with E-state index in [0.717, 1.165) is 0 Å². The summed E-state index contributed by atoms with van der Waals surface area (Å²) in [5, 5.41) is 0. The standard InChI is InChI=1S/C10H10F3N/c1-7(2)9(10(11,12)13)8-4-3-5-14-6-8/h3-6,9H,1H2,2H3. The minimum absolute atomic E-state index is 0.0745. The lowest BCUT2D eigenvalue weighted by molar-refractivity contribution is -0.141. The molecule has 1 aromatic rings. The van der Waals surface area contributed by atoms with Crippen LogP contribution in [0.3, 0.4) is 0 Å². The van der Waals surface area contributed by atoms with Crippen molar-refractivity contribution in [3.63, 3.8) is 0 Å². The van der Waals surface area contributed by atoms with Gasteiger partial charge in [-0.25, -0.2) is 0 Å². The van der Waals surface area contributed by atoms with Crippen molar-refractivity contribution in [3.05, 3.63) is 42.2 Å². The molecule has 1 nitrogen and oxygen atoms in total. The first-order chi connectivity index (χ1) is 6.43. The van der Waals surface area contributed by atoms with E-state index in [0.29, 0.717) is 0 Å². The van der Waals surface area contributed by atoms with Gasteiger partial charge in [0.25, 0.3) is 0 Å². The minimum atomic E-state index is -4.30. The first kappa shape index (κ1) is 10.8. The number of aromatic nitrogens is 1. The molecule has 0 radical (unpaired) electrons. The lowest BCUT2D eigenvalue weighted by atomic mass is 9.94. The fourth-order valence-corrected chi connectivity index (χ4v) is 1.30. The average molecular weight is 201 g/mol. The lowest BCUT2D eigenvalue weighted by Gasteiger charge is -2.20. The van der Waals surface area contributed by atoms with Crippen molar-refractivity contribution < 1.29 is 13.2 Å². The van der Waals surface area contributed by atoms with Gasteiger partial charge in [0, 0.05) is 12.4 Å². The summed E-state index contributed by atoms with van der Waals surface area (Å²) in [6.45, 7) is 4.72. The number of halogens is 3. The van der Waals surface area contributed by atoms with Gasteiger partial charge in [0.2, 0.25) is 0 Å². The van der Waals surface area contributed by atoms with Gasteiger partial charge >= 0.3 is 6.18 Å². The molecule has 1 unspecified atom stereocenters. The molecule has 1 aromatic heterocycles. The van der Waals surface area contributed by atoms with Gasteiger partial charge in [0.05, 0.1) is 0 Å². The highest BCUT2D eigenvalue weighted by atomic mass is 19.4. The Morgan fingerprint density at radius 2 is 2.14 bits per heavy atom. The van der Waals surface area contributed by atoms with E-state index in [1.54, 1.807) is 0 Å². The monoisotopic (exact) mass is 201 g/mol. The van der Waals surface area contributed by atoms with Crippen molar-refractivity contribution in [2.75, 3.05) is 0 Å². The van der Waals surface area contributed by atoms with Crippen molar-refractivity contribution in [3.8, 4) is 0 Å². The zero-order chi connectivity index (χ0) is 10.8. The van der Waals surface area contributed by atoms with Gasteiger partial charge in [-0.05, 0) is 18.6 Å². The van der Waals surface area contributed by atoms with E-state index in [-0.39, 0.29) is 11.1 Å². The summed E-state index contributed by atoms with van der Waals surface area (Å²) >= 11 is 0. The predicted octanol–water partition coefficient (Wildman–Crippen LogP) is 3.30. The van der Waals surface area contributed by atoms with Gasteiger partial charge < -0.3 is 0 Å². The van der Waals surface area contributed by atoms with E-state index in [4.69, 9.17) is 0 Å². The highest BCUT2D eigenvalue weighted by molar-refractivity contribution is 5.26. The molecule has 0 N–H and O–H groups in total. The Morgan fingerprint density at radius 3 is 2.50 bits per heavy atom. The van der Waals surface area contributed by atoms with Crippen LogP contribution in [0.5, 0.6) is 0 Å². The molecule has 1 heterocycles. The average Bonchev–Trinajstić information content (AvgIpc) is 2.02. The molecule has 4 heteroatoms. The summed E-state index contributed by atoms with van der Waals surface area (Å²) < 4.78 is 37.7. The van der Waals surface area contributed by atoms with Crippen LogP contribution in [0.25, 0.3) is 0 Å². The SMILES string of the molecule is C=C(C)C(c1cccnc1)C(F)(F)F. The first-order valence-electron chi connectivity index (χ1n) is 4.05. The van der Waals surface area contributed by atoms with Crippen LogP contribution < -0.4 is 0 Å². The number of pyridine rings is 1. The molecule has 0 amide bonds.